The summed E-state index contributed by atoms with van der Waals surface area (Å²) in [5.41, 5.74) is 4.09. The number of benzene rings is 2. The monoisotopic (exact) mass is 379 g/mol. The highest BCUT2D eigenvalue weighted by molar-refractivity contribution is 5.78. The molecule has 0 saturated heterocycles. The Morgan fingerprint density at radius 2 is 1.89 bits per heavy atom. The smallest absolute Gasteiger partial charge is 0.258 e. The summed E-state index contributed by atoms with van der Waals surface area (Å²) >= 11 is 0. The summed E-state index contributed by atoms with van der Waals surface area (Å²) < 4.78 is 5.87. The van der Waals surface area contributed by atoms with Gasteiger partial charge in [0.2, 0.25) is 0 Å². The van der Waals surface area contributed by atoms with Gasteiger partial charge in [-0.1, -0.05) is 52.0 Å². The van der Waals surface area contributed by atoms with Crippen molar-refractivity contribution in [2.45, 2.75) is 46.6 Å². The molecule has 0 saturated carbocycles. The highest BCUT2D eigenvalue weighted by Crippen LogP contribution is 2.27. The van der Waals surface area contributed by atoms with Crippen molar-refractivity contribution >= 4 is 16.9 Å². The maximum Gasteiger partial charge on any atom is 0.258 e. The maximum absolute atomic E-state index is 12.6. The minimum absolute atomic E-state index is 0.0212. The lowest BCUT2D eigenvalue weighted by molar-refractivity contribution is -0.124. The Hall–Kier alpha value is -2.82. The van der Waals surface area contributed by atoms with E-state index in [2.05, 4.69) is 55.1 Å². The molecule has 3 rings (SSSR count). The van der Waals surface area contributed by atoms with Gasteiger partial charge in [-0.25, -0.2) is 4.98 Å². The second-order valence-electron chi connectivity index (χ2n) is 7.91. The molecule has 1 heterocycles. The third kappa shape index (κ3) is 4.53. The summed E-state index contributed by atoms with van der Waals surface area (Å²) in [6, 6.07) is 13.8. The van der Waals surface area contributed by atoms with Crippen LogP contribution in [-0.2, 0) is 4.79 Å². The van der Waals surface area contributed by atoms with Crippen molar-refractivity contribution in [3.63, 3.8) is 0 Å². The van der Waals surface area contributed by atoms with Gasteiger partial charge in [0.1, 0.15) is 11.6 Å². The molecule has 2 aromatic carbocycles. The van der Waals surface area contributed by atoms with E-state index in [1.54, 1.807) is 0 Å². The van der Waals surface area contributed by atoms with Crippen molar-refractivity contribution in [1.82, 2.24) is 15.3 Å². The Morgan fingerprint density at radius 3 is 2.57 bits per heavy atom. The number of aromatic amines is 1. The van der Waals surface area contributed by atoms with Crippen LogP contribution in [-0.4, -0.2) is 22.5 Å². The quantitative estimate of drug-likeness (QED) is 0.614. The van der Waals surface area contributed by atoms with Crippen molar-refractivity contribution in [2.24, 2.45) is 5.92 Å². The molecule has 5 heteroatoms. The molecule has 1 atom stereocenters. The normalized spacial score (nSPS) is 12.5. The Labute approximate surface area is 166 Å². The third-order valence-corrected chi connectivity index (χ3v) is 4.84. The summed E-state index contributed by atoms with van der Waals surface area (Å²) in [7, 11) is 0. The van der Waals surface area contributed by atoms with Gasteiger partial charge < -0.3 is 15.0 Å². The Balaban J connectivity index is 1.71. The van der Waals surface area contributed by atoms with Gasteiger partial charge in [0.25, 0.3) is 5.91 Å². The molecule has 3 aromatic rings. The van der Waals surface area contributed by atoms with Gasteiger partial charge in [0, 0.05) is 0 Å². The predicted octanol–water partition coefficient (Wildman–Crippen LogP) is 4.89. The first kappa shape index (κ1) is 19.9. The molecule has 1 amide bonds. The Bertz CT molecular complexity index is 926. The molecule has 0 aliphatic carbocycles. The van der Waals surface area contributed by atoms with Gasteiger partial charge in [-0.05, 0) is 48.1 Å². The molecule has 0 unspecified atom stereocenters. The highest BCUT2D eigenvalue weighted by Gasteiger charge is 2.22. The van der Waals surface area contributed by atoms with E-state index in [1.165, 1.54) is 0 Å². The molecule has 0 bridgehead atoms. The van der Waals surface area contributed by atoms with E-state index in [9.17, 15) is 4.79 Å². The van der Waals surface area contributed by atoms with Crippen LogP contribution in [0.15, 0.2) is 42.5 Å². The molecule has 5 nitrogen and oxygen atoms in total. The first-order chi connectivity index (χ1) is 13.3. The Kier molecular flexibility index (Phi) is 6.02. The van der Waals surface area contributed by atoms with Gasteiger partial charge >= 0.3 is 0 Å². The second-order valence-corrected chi connectivity index (χ2v) is 7.91. The predicted molar refractivity (Wildman–Crippen MR) is 113 cm³/mol. The number of ether oxygens (including phenoxy) is 1. The number of hydrogen-bond acceptors (Lipinski definition) is 3. The van der Waals surface area contributed by atoms with Gasteiger partial charge in [-0.3, -0.25) is 4.79 Å². The van der Waals surface area contributed by atoms with E-state index < -0.39 is 0 Å². The first-order valence-corrected chi connectivity index (χ1v) is 9.82. The number of H-pyrrole nitrogens is 1. The molecule has 0 radical (unpaired) electrons. The molecule has 28 heavy (non-hydrogen) atoms. The van der Waals surface area contributed by atoms with E-state index >= 15 is 0 Å². The third-order valence-electron chi connectivity index (χ3n) is 4.84. The number of aromatic nitrogens is 2. The number of carbonyl (C=O) groups excluding carboxylic acids is 1. The van der Waals surface area contributed by atoms with Crippen molar-refractivity contribution < 1.29 is 9.53 Å². The average molecular weight is 380 g/mol. The fraction of sp³-hybridized carbons (Fsp3) is 0.391. The molecule has 1 aromatic heterocycles. The number of aryl methyl sites for hydroxylation is 1. The number of imidazole rings is 1. The number of para-hydroxylation sites is 2. The summed E-state index contributed by atoms with van der Waals surface area (Å²) in [4.78, 5) is 20.6. The number of hydrogen-bond donors (Lipinski definition) is 2. The lowest BCUT2D eigenvalue weighted by Gasteiger charge is -2.21. The molecule has 0 fully saturated rings. The number of rotatable bonds is 7. The molecule has 0 spiro atoms. The molecule has 148 valence electrons. The van der Waals surface area contributed by atoms with Crippen LogP contribution in [0.5, 0.6) is 5.75 Å². The van der Waals surface area contributed by atoms with E-state index in [-0.39, 0.29) is 24.5 Å². The topological polar surface area (TPSA) is 67.0 Å². The molecular weight excluding hydrogens is 350 g/mol. The number of fused-ring (bicyclic) bond motifs is 1. The van der Waals surface area contributed by atoms with Crippen LogP contribution in [0, 0.1) is 12.8 Å². The second kappa shape index (κ2) is 8.46. The molecule has 0 aliphatic rings. The van der Waals surface area contributed by atoms with Crippen LogP contribution < -0.4 is 10.1 Å². The average Bonchev–Trinajstić information content (AvgIpc) is 3.07. The lowest BCUT2D eigenvalue weighted by Crippen LogP contribution is -2.35. The summed E-state index contributed by atoms with van der Waals surface area (Å²) in [6.07, 6.45) is 0. The molecule has 2 N–H and O–H groups in total. The van der Waals surface area contributed by atoms with Gasteiger partial charge in [0.15, 0.2) is 6.61 Å². The maximum atomic E-state index is 12.6. The molecular formula is C23H29N3O2. The number of amides is 1. The fourth-order valence-electron chi connectivity index (χ4n) is 3.27. The zero-order chi connectivity index (χ0) is 20.3. The number of carbonyl (C=O) groups is 1. The van der Waals surface area contributed by atoms with Crippen LogP contribution >= 0.6 is 0 Å². The van der Waals surface area contributed by atoms with Crippen LogP contribution in [0.1, 0.15) is 56.6 Å². The van der Waals surface area contributed by atoms with Crippen molar-refractivity contribution in [3.8, 4) is 5.75 Å². The fourth-order valence-corrected chi connectivity index (χ4v) is 3.27. The zero-order valence-corrected chi connectivity index (χ0v) is 17.2. The van der Waals surface area contributed by atoms with Crippen molar-refractivity contribution in [1.29, 1.82) is 0 Å². The minimum Gasteiger partial charge on any atom is -0.483 e. The van der Waals surface area contributed by atoms with E-state index in [0.717, 1.165) is 33.7 Å². The first-order valence-electron chi connectivity index (χ1n) is 9.82. The minimum atomic E-state index is -0.203. The van der Waals surface area contributed by atoms with E-state index in [4.69, 9.17) is 4.74 Å². The summed E-state index contributed by atoms with van der Waals surface area (Å²) in [5, 5.41) is 3.07. The number of nitrogens with one attached hydrogen (secondary N) is 2. The Morgan fingerprint density at radius 1 is 1.14 bits per heavy atom. The van der Waals surface area contributed by atoms with Crippen molar-refractivity contribution in [2.75, 3.05) is 6.61 Å². The summed E-state index contributed by atoms with van der Waals surface area (Å²) in [5.74, 6) is 1.90. The van der Waals surface area contributed by atoms with Crippen LogP contribution in [0.4, 0.5) is 0 Å². The van der Waals surface area contributed by atoms with Gasteiger partial charge in [-0.2, -0.15) is 0 Å². The van der Waals surface area contributed by atoms with Crippen molar-refractivity contribution in [3.05, 3.63) is 59.4 Å². The SMILES string of the molecule is Cc1ccc(C(C)C)c(OCC(=O)N[C@H](c2nc3ccccc3[nH]2)C(C)C)c1. The summed E-state index contributed by atoms with van der Waals surface area (Å²) in [6.45, 7) is 10.4. The lowest BCUT2D eigenvalue weighted by atomic mass is 10.0. The van der Waals surface area contributed by atoms with E-state index in [1.807, 2.05) is 37.3 Å². The largest absolute Gasteiger partial charge is 0.483 e. The zero-order valence-electron chi connectivity index (χ0n) is 17.2. The number of nitrogens with zero attached hydrogens (tertiary/aromatic N) is 1. The van der Waals surface area contributed by atoms with E-state index in [0.29, 0.717) is 5.92 Å². The highest BCUT2D eigenvalue weighted by atomic mass is 16.5. The standard InChI is InChI=1S/C23H29N3O2/c1-14(2)17-11-10-16(5)12-20(17)28-13-21(27)26-22(15(3)4)23-24-18-8-6-7-9-19(18)25-23/h6-12,14-15,22H,13H2,1-5H3,(H,24,25)(H,26,27)/t22-/m0/s1. The molecule has 0 aliphatic heterocycles. The van der Waals surface area contributed by atoms with Crippen LogP contribution in [0.3, 0.4) is 0 Å². The van der Waals surface area contributed by atoms with Crippen LogP contribution in [0.25, 0.3) is 11.0 Å². The van der Waals surface area contributed by atoms with Crippen LogP contribution in [0.2, 0.25) is 0 Å². The van der Waals surface area contributed by atoms with Gasteiger partial charge in [-0.15, -0.1) is 0 Å². The van der Waals surface area contributed by atoms with Gasteiger partial charge in [0.05, 0.1) is 17.1 Å².